The second-order valence-electron chi connectivity index (χ2n) is 4.85. The smallest absolute Gasteiger partial charge is 0.172 e. The molecule has 0 aliphatic rings. The van der Waals surface area contributed by atoms with Gasteiger partial charge in [0.25, 0.3) is 0 Å². The molecule has 0 bridgehead atoms. The predicted octanol–water partition coefficient (Wildman–Crippen LogP) is 4.26. The van der Waals surface area contributed by atoms with Crippen molar-refractivity contribution in [2.45, 2.75) is 26.3 Å². The third-order valence-corrected chi connectivity index (χ3v) is 3.00. The van der Waals surface area contributed by atoms with Crippen LogP contribution in [0.25, 0.3) is 11.0 Å². The van der Waals surface area contributed by atoms with E-state index in [1.54, 1.807) is 0 Å². The standard InChI is InChI=1S/C12H13BrClN3/c1-12(2,3)17-11-10(14)16-9-7(13)5-4-6-8(9)15-11/h4-6H,1-3H3,(H,15,17). The van der Waals surface area contributed by atoms with E-state index < -0.39 is 0 Å². The lowest BCUT2D eigenvalue weighted by atomic mass is 10.1. The Kier molecular flexibility index (Phi) is 3.27. The summed E-state index contributed by atoms with van der Waals surface area (Å²) >= 11 is 9.56. The van der Waals surface area contributed by atoms with E-state index in [0.29, 0.717) is 11.0 Å². The maximum atomic E-state index is 6.12. The largest absolute Gasteiger partial charge is 0.363 e. The highest BCUT2D eigenvalue weighted by molar-refractivity contribution is 9.10. The lowest BCUT2D eigenvalue weighted by molar-refractivity contribution is 0.630. The molecule has 0 aliphatic heterocycles. The topological polar surface area (TPSA) is 37.8 Å². The predicted molar refractivity (Wildman–Crippen MR) is 75.6 cm³/mol. The number of rotatable bonds is 1. The highest BCUT2D eigenvalue weighted by Crippen LogP contribution is 2.27. The van der Waals surface area contributed by atoms with Crippen LogP contribution in [0, 0.1) is 0 Å². The summed E-state index contributed by atoms with van der Waals surface area (Å²) in [5.41, 5.74) is 1.49. The van der Waals surface area contributed by atoms with E-state index in [9.17, 15) is 0 Å². The molecule has 90 valence electrons. The minimum atomic E-state index is -0.0992. The minimum Gasteiger partial charge on any atom is -0.363 e. The molecule has 0 unspecified atom stereocenters. The van der Waals surface area contributed by atoms with Crippen LogP contribution in [0.2, 0.25) is 5.15 Å². The lowest BCUT2D eigenvalue weighted by Crippen LogP contribution is -2.27. The highest BCUT2D eigenvalue weighted by atomic mass is 79.9. The number of para-hydroxylation sites is 1. The number of nitrogens with one attached hydrogen (secondary N) is 1. The average Bonchev–Trinajstić information content (AvgIpc) is 2.19. The molecular weight excluding hydrogens is 302 g/mol. The van der Waals surface area contributed by atoms with E-state index in [2.05, 4.69) is 52.0 Å². The van der Waals surface area contributed by atoms with Gasteiger partial charge in [-0.1, -0.05) is 17.7 Å². The van der Waals surface area contributed by atoms with Gasteiger partial charge in [0.1, 0.15) is 5.52 Å². The van der Waals surface area contributed by atoms with E-state index in [4.69, 9.17) is 11.6 Å². The monoisotopic (exact) mass is 313 g/mol. The van der Waals surface area contributed by atoms with Crippen LogP contribution in [0.15, 0.2) is 22.7 Å². The molecule has 1 heterocycles. The SMILES string of the molecule is CC(C)(C)Nc1nc2cccc(Br)c2nc1Cl. The summed E-state index contributed by atoms with van der Waals surface area (Å²) in [7, 11) is 0. The number of nitrogens with zero attached hydrogens (tertiary/aromatic N) is 2. The van der Waals surface area contributed by atoms with Crippen LogP contribution < -0.4 is 5.32 Å². The van der Waals surface area contributed by atoms with Crippen molar-refractivity contribution in [3.05, 3.63) is 27.8 Å². The van der Waals surface area contributed by atoms with Gasteiger partial charge in [0.2, 0.25) is 0 Å². The van der Waals surface area contributed by atoms with Gasteiger partial charge in [-0.3, -0.25) is 0 Å². The average molecular weight is 315 g/mol. The van der Waals surface area contributed by atoms with Crippen molar-refractivity contribution < 1.29 is 0 Å². The first-order valence-corrected chi connectivity index (χ1v) is 6.44. The summed E-state index contributed by atoms with van der Waals surface area (Å²) < 4.78 is 0.895. The van der Waals surface area contributed by atoms with Crippen LogP contribution in [0.4, 0.5) is 5.82 Å². The Balaban J connectivity index is 2.56. The van der Waals surface area contributed by atoms with Gasteiger partial charge in [0.15, 0.2) is 11.0 Å². The molecule has 0 radical (unpaired) electrons. The molecule has 17 heavy (non-hydrogen) atoms. The zero-order valence-electron chi connectivity index (χ0n) is 9.88. The summed E-state index contributed by atoms with van der Waals surface area (Å²) in [5.74, 6) is 0.616. The fourth-order valence-corrected chi connectivity index (χ4v) is 2.08. The minimum absolute atomic E-state index is 0.0992. The number of hydrogen-bond donors (Lipinski definition) is 1. The molecule has 1 aromatic carbocycles. The molecule has 0 amide bonds. The molecule has 0 atom stereocenters. The Morgan fingerprint density at radius 2 is 1.94 bits per heavy atom. The fraction of sp³-hybridized carbons (Fsp3) is 0.333. The van der Waals surface area contributed by atoms with Crippen molar-refractivity contribution in [1.82, 2.24) is 9.97 Å². The highest BCUT2D eigenvalue weighted by Gasteiger charge is 2.15. The lowest BCUT2D eigenvalue weighted by Gasteiger charge is -2.21. The molecule has 5 heteroatoms. The first-order chi connectivity index (χ1) is 7.87. The normalized spacial score (nSPS) is 11.8. The molecule has 0 spiro atoms. The van der Waals surface area contributed by atoms with Crippen LogP contribution in [-0.2, 0) is 0 Å². The summed E-state index contributed by atoms with van der Waals surface area (Å²) in [5, 5.41) is 3.63. The Morgan fingerprint density at radius 1 is 1.24 bits per heavy atom. The molecule has 1 aromatic heterocycles. The van der Waals surface area contributed by atoms with Crippen molar-refractivity contribution in [3.8, 4) is 0 Å². The van der Waals surface area contributed by atoms with E-state index in [1.807, 2.05) is 18.2 Å². The van der Waals surface area contributed by atoms with Gasteiger partial charge in [-0.25, -0.2) is 9.97 Å². The number of aromatic nitrogens is 2. The number of halogens is 2. The summed E-state index contributed by atoms with van der Waals surface area (Å²) in [6.07, 6.45) is 0. The van der Waals surface area contributed by atoms with Gasteiger partial charge in [0, 0.05) is 10.0 Å². The second kappa shape index (κ2) is 4.42. The third kappa shape index (κ3) is 2.87. The summed E-state index contributed by atoms with van der Waals surface area (Å²) in [6.45, 7) is 6.16. The van der Waals surface area contributed by atoms with Crippen LogP contribution in [0.1, 0.15) is 20.8 Å². The van der Waals surface area contributed by atoms with E-state index >= 15 is 0 Å². The Morgan fingerprint density at radius 3 is 2.59 bits per heavy atom. The summed E-state index contributed by atoms with van der Waals surface area (Å²) in [6, 6.07) is 5.76. The van der Waals surface area contributed by atoms with E-state index in [1.165, 1.54) is 0 Å². The first kappa shape index (κ1) is 12.6. The molecule has 2 aromatic rings. The van der Waals surface area contributed by atoms with Crippen LogP contribution >= 0.6 is 27.5 Å². The first-order valence-electron chi connectivity index (χ1n) is 5.27. The van der Waals surface area contributed by atoms with Crippen molar-refractivity contribution in [2.24, 2.45) is 0 Å². The van der Waals surface area contributed by atoms with E-state index in [0.717, 1.165) is 15.5 Å². The third-order valence-electron chi connectivity index (χ3n) is 2.10. The maximum absolute atomic E-state index is 6.12. The maximum Gasteiger partial charge on any atom is 0.172 e. The number of fused-ring (bicyclic) bond motifs is 1. The Hall–Kier alpha value is -0.870. The van der Waals surface area contributed by atoms with E-state index in [-0.39, 0.29) is 5.54 Å². The van der Waals surface area contributed by atoms with Crippen molar-refractivity contribution in [1.29, 1.82) is 0 Å². The zero-order valence-corrected chi connectivity index (χ0v) is 12.2. The summed E-state index contributed by atoms with van der Waals surface area (Å²) in [4.78, 5) is 8.84. The van der Waals surface area contributed by atoms with Crippen molar-refractivity contribution in [3.63, 3.8) is 0 Å². The van der Waals surface area contributed by atoms with Gasteiger partial charge >= 0.3 is 0 Å². The Bertz CT molecular complexity index is 563. The molecule has 0 aliphatic carbocycles. The van der Waals surface area contributed by atoms with Crippen LogP contribution in [0.5, 0.6) is 0 Å². The van der Waals surface area contributed by atoms with Crippen molar-refractivity contribution in [2.75, 3.05) is 5.32 Å². The molecular formula is C12H13BrClN3. The molecule has 0 saturated carbocycles. The van der Waals surface area contributed by atoms with Crippen LogP contribution in [0.3, 0.4) is 0 Å². The number of hydrogen-bond acceptors (Lipinski definition) is 3. The second-order valence-corrected chi connectivity index (χ2v) is 6.06. The molecule has 0 saturated heterocycles. The van der Waals surface area contributed by atoms with Gasteiger partial charge in [-0.15, -0.1) is 0 Å². The zero-order chi connectivity index (χ0) is 12.6. The van der Waals surface area contributed by atoms with Gasteiger partial charge in [-0.05, 0) is 48.8 Å². The number of benzene rings is 1. The number of anilines is 1. The molecule has 2 rings (SSSR count). The molecule has 1 N–H and O–H groups in total. The van der Waals surface area contributed by atoms with Crippen molar-refractivity contribution >= 4 is 44.4 Å². The van der Waals surface area contributed by atoms with Gasteiger partial charge in [-0.2, -0.15) is 0 Å². The van der Waals surface area contributed by atoms with Gasteiger partial charge < -0.3 is 5.32 Å². The molecule has 0 fully saturated rings. The molecule has 3 nitrogen and oxygen atoms in total. The van der Waals surface area contributed by atoms with Gasteiger partial charge in [0.05, 0.1) is 5.52 Å². The fourth-order valence-electron chi connectivity index (χ4n) is 1.46. The Labute approximate surface area is 114 Å². The quantitative estimate of drug-likeness (QED) is 0.855. The van der Waals surface area contributed by atoms with Crippen LogP contribution in [-0.4, -0.2) is 15.5 Å².